The van der Waals surface area contributed by atoms with Crippen molar-refractivity contribution in [2.24, 2.45) is 0 Å². The molecule has 64 heavy (non-hydrogen) atoms. The maximum absolute atomic E-state index is 12.9. The number of esters is 2. The molecule has 0 aliphatic heterocycles. The minimum absolute atomic E-state index is 0.417. The van der Waals surface area contributed by atoms with Gasteiger partial charge in [0.25, 0.3) is 0 Å². The molecule has 4 rings (SSSR count). The summed E-state index contributed by atoms with van der Waals surface area (Å²) < 4.78 is 23.2. The highest BCUT2D eigenvalue weighted by atomic mass is 16.5. The lowest BCUT2D eigenvalue weighted by molar-refractivity contribution is 0.0725. The molecule has 0 saturated heterocycles. The Morgan fingerprint density at radius 2 is 0.531 bits per heavy atom. The molecule has 0 N–H and O–H groups in total. The third-order valence-corrected chi connectivity index (χ3v) is 12.2. The Labute approximate surface area is 388 Å². The highest BCUT2D eigenvalue weighted by Gasteiger charge is 2.12. The van der Waals surface area contributed by atoms with Crippen molar-refractivity contribution in [1.29, 1.82) is 0 Å². The Morgan fingerprint density at radius 1 is 0.297 bits per heavy atom. The first-order valence-corrected chi connectivity index (χ1v) is 25.7. The van der Waals surface area contributed by atoms with Gasteiger partial charge in [0.2, 0.25) is 0 Å². The van der Waals surface area contributed by atoms with Crippen molar-refractivity contribution in [3.05, 3.63) is 108 Å². The van der Waals surface area contributed by atoms with E-state index in [2.05, 4.69) is 13.8 Å². The zero-order chi connectivity index (χ0) is 45.1. The number of carbonyl (C=O) groups is 2. The van der Waals surface area contributed by atoms with E-state index in [1.807, 2.05) is 48.5 Å². The van der Waals surface area contributed by atoms with Gasteiger partial charge in [-0.05, 0) is 96.8 Å². The van der Waals surface area contributed by atoms with Crippen molar-refractivity contribution < 1.29 is 28.5 Å². The van der Waals surface area contributed by atoms with Crippen LogP contribution >= 0.6 is 0 Å². The van der Waals surface area contributed by atoms with Crippen LogP contribution in [0.2, 0.25) is 0 Å². The summed E-state index contributed by atoms with van der Waals surface area (Å²) in [6.07, 6.45) is 37.4. The molecule has 4 aromatic rings. The van der Waals surface area contributed by atoms with Gasteiger partial charge in [-0.3, -0.25) is 0 Å². The highest BCUT2D eigenvalue weighted by molar-refractivity contribution is 5.92. The zero-order valence-corrected chi connectivity index (χ0v) is 39.9. The first kappa shape index (κ1) is 52.0. The number of hydrogen-bond acceptors (Lipinski definition) is 6. The second kappa shape index (κ2) is 33.9. The standard InChI is InChI=1S/C58H82O6/c1-3-5-7-9-11-13-15-17-19-21-23-25-27-29-47-61-53-39-35-51(36-40-53)57(59)63-55-43-31-49(32-44-55)50-33-45-56(46-34-50)64-58(60)52-37-41-54(42-38-52)62-48-30-28-26-24-22-20-18-16-14-12-10-8-6-4-2/h31-46H,3-30,47-48H2,1-2H3. The van der Waals surface area contributed by atoms with Crippen LogP contribution in [0.15, 0.2) is 97.1 Å². The molecule has 0 aliphatic carbocycles. The molecule has 0 unspecified atom stereocenters. The van der Waals surface area contributed by atoms with Gasteiger partial charge in [0.1, 0.15) is 23.0 Å². The zero-order valence-electron chi connectivity index (χ0n) is 39.9. The predicted molar refractivity (Wildman–Crippen MR) is 266 cm³/mol. The lowest BCUT2D eigenvalue weighted by Crippen LogP contribution is -2.08. The Balaban J connectivity index is 1.03. The summed E-state index contributed by atoms with van der Waals surface area (Å²) in [6, 6.07) is 29.1. The normalized spacial score (nSPS) is 11.1. The van der Waals surface area contributed by atoms with Crippen LogP contribution in [-0.4, -0.2) is 25.2 Å². The van der Waals surface area contributed by atoms with Gasteiger partial charge in [0.05, 0.1) is 24.3 Å². The molecular weight excluding hydrogens is 793 g/mol. The monoisotopic (exact) mass is 875 g/mol. The van der Waals surface area contributed by atoms with E-state index in [0.717, 1.165) is 35.5 Å². The Morgan fingerprint density at radius 3 is 0.797 bits per heavy atom. The van der Waals surface area contributed by atoms with E-state index >= 15 is 0 Å². The largest absolute Gasteiger partial charge is 0.494 e. The van der Waals surface area contributed by atoms with Crippen molar-refractivity contribution in [3.8, 4) is 34.1 Å². The molecule has 350 valence electrons. The van der Waals surface area contributed by atoms with Crippen LogP contribution in [0.4, 0.5) is 0 Å². The second-order valence-corrected chi connectivity index (χ2v) is 17.8. The topological polar surface area (TPSA) is 71.1 Å². The van der Waals surface area contributed by atoms with Crippen LogP contribution in [0.3, 0.4) is 0 Å². The van der Waals surface area contributed by atoms with E-state index in [0.29, 0.717) is 35.8 Å². The third-order valence-electron chi connectivity index (χ3n) is 12.2. The van der Waals surface area contributed by atoms with E-state index in [1.54, 1.807) is 48.5 Å². The SMILES string of the molecule is CCCCCCCCCCCCCCCCOc1ccc(C(=O)Oc2ccc(-c3ccc(OC(=O)c4ccc(OCCCCCCCCCCCCCCCC)cc4)cc3)cc2)cc1. The van der Waals surface area contributed by atoms with E-state index in [-0.39, 0.29) is 0 Å². The molecular formula is C58H82O6. The summed E-state index contributed by atoms with van der Waals surface area (Å²) in [4.78, 5) is 25.7. The smallest absolute Gasteiger partial charge is 0.343 e. The average molecular weight is 875 g/mol. The van der Waals surface area contributed by atoms with E-state index < -0.39 is 11.9 Å². The number of benzene rings is 4. The van der Waals surface area contributed by atoms with Crippen LogP contribution in [0.1, 0.15) is 214 Å². The number of carbonyl (C=O) groups excluding carboxylic acids is 2. The lowest BCUT2D eigenvalue weighted by Gasteiger charge is -2.09. The van der Waals surface area contributed by atoms with Gasteiger partial charge in [-0.25, -0.2) is 9.59 Å². The molecule has 0 saturated carbocycles. The van der Waals surface area contributed by atoms with Crippen LogP contribution in [0.5, 0.6) is 23.0 Å². The summed E-state index contributed by atoms with van der Waals surface area (Å²) in [5, 5.41) is 0. The van der Waals surface area contributed by atoms with Crippen molar-refractivity contribution in [3.63, 3.8) is 0 Å². The first-order chi connectivity index (χ1) is 31.6. The van der Waals surface area contributed by atoms with Crippen molar-refractivity contribution in [1.82, 2.24) is 0 Å². The Bertz CT molecular complexity index is 1630. The summed E-state index contributed by atoms with van der Waals surface area (Å²) in [7, 11) is 0. The second-order valence-electron chi connectivity index (χ2n) is 17.8. The van der Waals surface area contributed by atoms with E-state index in [1.165, 1.54) is 167 Å². The predicted octanol–water partition coefficient (Wildman–Crippen LogP) is 17.5. The van der Waals surface area contributed by atoms with Gasteiger partial charge in [-0.1, -0.05) is 205 Å². The van der Waals surface area contributed by atoms with Gasteiger partial charge in [-0.15, -0.1) is 0 Å². The molecule has 0 fully saturated rings. The van der Waals surface area contributed by atoms with Gasteiger partial charge in [-0.2, -0.15) is 0 Å². The fourth-order valence-electron chi connectivity index (χ4n) is 8.11. The fraction of sp³-hybridized carbons (Fsp3) is 0.552. The summed E-state index contributed by atoms with van der Waals surface area (Å²) >= 11 is 0. The molecule has 6 heteroatoms. The Hall–Kier alpha value is -4.58. The number of unbranched alkanes of at least 4 members (excludes halogenated alkanes) is 26. The molecule has 0 heterocycles. The van der Waals surface area contributed by atoms with Crippen LogP contribution in [0.25, 0.3) is 11.1 Å². The quantitative estimate of drug-likeness (QED) is 0.0255. The van der Waals surface area contributed by atoms with Crippen molar-refractivity contribution in [2.45, 2.75) is 194 Å². The summed E-state index contributed by atoms with van der Waals surface area (Å²) in [6.45, 7) is 5.93. The average Bonchev–Trinajstić information content (AvgIpc) is 3.32. The van der Waals surface area contributed by atoms with Gasteiger partial charge < -0.3 is 18.9 Å². The molecule has 0 radical (unpaired) electrons. The lowest BCUT2D eigenvalue weighted by atomic mass is 10.0. The maximum Gasteiger partial charge on any atom is 0.343 e. The number of rotatable bonds is 37. The van der Waals surface area contributed by atoms with Crippen molar-refractivity contribution >= 4 is 11.9 Å². The molecule has 0 spiro atoms. The van der Waals surface area contributed by atoms with Crippen LogP contribution < -0.4 is 18.9 Å². The maximum atomic E-state index is 12.9. The van der Waals surface area contributed by atoms with Gasteiger partial charge in [0.15, 0.2) is 0 Å². The number of ether oxygens (including phenoxy) is 4. The minimum Gasteiger partial charge on any atom is -0.494 e. The Kier molecular flexibility index (Phi) is 27.5. The van der Waals surface area contributed by atoms with Gasteiger partial charge in [0, 0.05) is 0 Å². The van der Waals surface area contributed by atoms with Gasteiger partial charge >= 0.3 is 11.9 Å². The molecule has 0 aliphatic rings. The van der Waals surface area contributed by atoms with E-state index in [4.69, 9.17) is 18.9 Å². The highest BCUT2D eigenvalue weighted by Crippen LogP contribution is 2.26. The molecule has 0 amide bonds. The molecule has 0 bridgehead atoms. The third kappa shape index (κ3) is 22.9. The molecule has 0 aromatic heterocycles. The molecule has 0 atom stereocenters. The first-order valence-electron chi connectivity index (χ1n) is 25.7. The number of hydrogen-bond donors (Lipinski definition) is 0. The van der Waals surface area contributed by atoms with Crippen LogP contribution in [-0.2, 0) is 0 Å². The van der Waals surface area contributed by atoms with Crippen molar-refractivity contribution in [2.75, 3.05) is 13.2 Å². The summed E-state index contributed by atoms with van der Waals surface area (Å²) in [5.74, 6) is 1.62. The molecule has 4 aromatic carbocycles. The van der Waals surface area contributed by atoms with E-state index in [9.17, 15) is 9.59 Å². The van der Waals surface area contributed by atoms with Crippen LogP contribution in [0, 0.1) is 0 Å². The fourth-order valence-corrected chi connectivity index (χ4v) is 8.11. The minimum atomic E-state index is -0.417. The summed E-state index contributed by atoms with van der Waals surface area (Å²) in [5.41, 5.74) is 2.83. The molecule has 6 nitrogen and oxygen atoms in total.